The number of hydrogen-bond donors (Lipinski definition) is 3. The van der Waals surface area contributed by atoms with E-state index < -0.39 is 0 Å². The molecule has 2 amide bonds. The number of rotatable bonds is 8. The van der Waals surface area contributed by atoms with Gasteiger partial charge >= 0.3 is 0 Å². The van der Waals surface area contributed by atoms with Gasteiger partial charge in [-0.2, -0.15) is 5.10 Å². The maximum atomic E-state index is 11.9. The summed E-state index contributed by atoms with van der Waals surface area (Å²) in [5.41, 5.74) is 6.22. The van der Waals surface area contributed by atoms with Crippen LogP contribution < -0.4 is 16.4 Å². The third kappa shape index (κ3) is 6.40. The molecule has 4 N–H and O–H groups in total. The Morgan fingerprint density at radius 3 is 2.67 bits per heavy atom. The highest BCUT2D eigenvalue weighted by atomic mass is 16.2. The molecule has 7 nitrogen and oxygen atoms in total. The molecular weight excluding hydrogens is 270 g/mol. The van der Waals surface area contributed by atoms with Gasteiger partial charge in [0.15, 0.2) is 0 Å². The van der Waals surface area contributed by atoms with Gasteiger partial charge in [-0.3, -0.25) is 14.3 Å². The Kier molecular flexibility index (Phi) is 6.36. The molecule has 1 aromatic rings. The topological polar surface area (TPSA) is 102 Å². The van der Waals surface area contributed by atoms with Gasteiger partial charge in [0.05, 0.1) is 11.9 Å². The van der Waals surface area contributed by atoms with E-state index in [0.717, 1.165) is 12.8 Å². The summed E-state index contributed by atoms with van der Waals surface area (Å²) in [5.74, 6) is -0.195. The molecule has 0 aromatic carbocycles. The van der Waals surface area contributed by atoms with E-state index in [-0.39, 0.29) is 23.8 Å². The summed E-state index contributed by atoms with van der Waals surface area (Å²) in [4.78, 5) is 23.1. The van der Waals surface area contributed by atoms with E-state index in [4.69, 9.17) is 5.73 Å². The fourth-order valence-electron chi connectivity index (χ4n) is 1.93. The van der Waals surface area contributed by atoms with Gasteiger partial charge in [-0.25, -0.2) is 0 Å². The molecule has 0 radical (unpaired) electrons. The van der Waals surface area contributed by atoms with E-state index in [1.54, 1.807) is 13.2 Å². The van der Waals surface area contributed by atoms with Crippen LogP contribution in [0.15, 0.2) is 12.4 Å². The molecule has 0 aliphatic heterocycles. The zero-order valence-corrected chi connectivity index (χ0v) is 13.0. The lowest BCUT2D eigenvalue weighted by molar-refractivity contribution is -0.121. The Balaban J connectivity index is 2.43. The van der Waals surface area contributed by atoms with Gasteiger partial charge in [0.2, 0.25) is 11.8 Å². The second-order valence-electron chi connectivity index (χ2n) is 5.85. The number of aromatic nitrogens is 2. The SMILES string of the molecule is CNC(=O)Cn1cc(NC(=O)CCC(C)(C)CCN)cn1. The van der Waals surface area contributed by atoms with Crippen molar-refractivity contribution in [1.82, 2.24) is 15.1 Å². The minimum atomic E-state index is -0.139. The van der Waals surface area contributed by atoms with Gasteiger partial charge in [0.25, 0.3) is 0 Å². The van der Waals surface area contributed by atoms with Crippen LogP contribution >= 0.6 is 0 Å². The lowest BCUT2D eigenvalue weighted by Gasteiger charge is -2.23. The van der Waals surface area contributed by atoms with Crippen molar-refractivity contribution in [2.75, 3.05) is 18.9 Å². The third-order valence-electron chi connectivity index (χ3n) is 3.35. The molecule has 0 fully saturated rings. The Morgan fingerprint density at radius 2 is 2.05 bits per heavy atom. The number of nitrogens with two attached hydrogens (primary N) is 1. The number of nitrogens with one attached hydrogen (secondary N) is 2. The second-order valence-corrected chi connectivity index (χ2v) is 5.85. The Labute approximate surface area is 125 Å². The van der Waals surface area contributed by atoms with Crippen LogP contribution in [0.1, 0.15) is 33.1 Å². The molecule has 0 atom stereocenters. The summed E-state index contributed by atoms with van der Waals surface area (Å²) < 4.78 is 1.48. The van der Waals surface area contributed by atoms with Crippen LogP contribution in [-0.2, 0) is 16.1 Å². The number of amides is 2. The normalized spacial score (nSPS) is 11.2. The molecule has 1 rings (SSSR count). The van der Waals surface area contributed by atoms with Gasteiger partial charge in [-0.1, -0.05) is 13.8 Å². The van der Waals surface area contributed by atoms with Gasteiger partial charge in [0.1, 0.15) is 6.54 Å². The number of carbonyl (C=O) groups excluding carboxylic acids is 2. The molecule has 0 bridgehead atoms. The first-order chi connectivity index (χ1) is 9.86. The summed E-state index contributed by atoms with van der Waals surface area (Å²) in [5, 5.41) is 9.32. The van der Waals surface area contributed by atoms with Crippen LogP contribution in [0.5, 0.6) is 0 Å². The van der Waals surface area contributed by atoms with E-state index in [9.17, 15) is 9.59 Å². The second kappa shape index (κ2) is 7.78. The third-order valence-corrected chi connectivity index (χ3v) is 3.35. The highest BCUT2D eigenvalue weighted by Crippen LogP contribution is 2.26. The number of nitrogens with zero attached hydrogens (tertiary/aromatic N) is 2. The van der Waals surface area contributed by atoms with Crippen molar-refractivity contribution in [2.24, 2.45) is 11.1 Å². The molecule has 0 saturated carbocycles. The number of likely N-dealkylation sites (N-methyl/N-ethyl adjacent to an activating group) is 1. The minimum absolute atomic E-state index is 0.0559. The number of anilines is 1. The zero-order valence-electron chi connectivity index (χ0n) is 13.0. The predicted molar refractivity (Wildman–Crippen MR) is 81.6 cm³/mol. The molecule has 0 spiro atoms. The molecule has 118 valence electrons. The van der Waals surface area contributed by atoms with E-state index in [1.165, 1.54) is 10.9 Å². The van der Waals surface area contributed by atoms with Crippen molar-refractivity contribution >= 4 is 17.5 Å². The molecule has 0 saturated heterocycles. The van der Waals surface area contributed by atoms with Crippen molar-refractivity contribution in [2.45, 2.75) is 39.7 Å². The molecule has 1 aromatic heterocycles. The first kappa shape index (κ1) is 17.2. The highest BCUT2D eigenvalue weighted by Gasteiger charge is 2.18. The van der Waals surface area contributed by atoms with E-state index >= 15 is 0 Å². The number of hydrogen-bond acceptors (Lipinski definition) is 4. The monoisotopic (exact) mass is 295 g/mol. The molecule has 1 heterocycles. The quantitative estimate of drug-likeness (QED) is 0.657. The Morgan fingerprint density at radius 1 is 1.33 bits per heavy atom. The van der Waals surface area contributed by atoms with Crippen LogP contribution in [0.2, 0.25) is 0 Å². The molecule has 7 heteroatoms. The first-order valence-corrected chi connectivity index (χ1v) is 7.09. The maximum Gasteiger partial charge on any atom is 0.241 e. The largest absolute Gasteiger partial charge is 0.358 e. The van der Waals surface area contributed by atoms with Crippen molar-refractivity contribution < 1.29 is 9.59 Å². The molecule has 21 heavy (non-hydrogen) atoms. The van der Waals surface area contributed by atoms with Crippen molar-refractivity contribution in [3.05, 3.63) is 12.4 Å². The highest BCUT2D eigenvalue weighted by molar-refractivity contribution is 5.90. The van der Waals surface area contributed by atoms with Gasteiger partial charge < -0.3 is 16.4 Å². The average molecular weight is 295 g/mol. The first-order valence-electron chi connectivity index (χ1n) is 7.09. The maximum absolute atomic E-state index is 11.9. The summed E-state index contributed by atoms with van der Waals surface area (Å²) in [6.45, 7) is 4.97. The molecule has 0 unspecified atom stereocenters. The van der Waals surface area contributed by atoms with Crippen molar-refractivity contribution in [3.63, 3.8) is 0 Å². The zero-order chi connectivity index (χ0) is 15.9. The summed E-state index contributed by atoms with van der Waals surface area (Å²) in [6, 6.07) is 0. The van der Waals surface area contributed by atoms with Crippen molar-refractivity contribution in [3.8, 4) is 0 Å². The predicted octanol–water partition coefficient (Wildman–Crippen LogP) is 0.723. The summed E-state index contributed by atoms with van der Waals surface area (Å²) in [7, 11) is 1.57. The van der Waals surface area contributed by atoms with Gasteiger partial charge in [-0.05, 0) is 24.8 Å². The van der Waals surface area contributed by atoms with E-state index in [2.05, 4.69) is 29.6 Å². The fourth-order valence-corrected chi connectivity index (χ4v) is 1.93. The van der Waals surface area contributed by atoms with Crippen LogP contribution in [-0.4, -0.2) is 35.2 Å². The number of carbonyl (C=O) groups is 2. The van der Waals surface area contributed by atoms with Crippen LogP contribution in [0.3, 0.4) is 0 Å². The average Bonchev–Trinajstić information content (AvgIpc) is 2.83. The molecule has 0 aliphatic rings. The lowest BCUT2D eigenvalue weighted by atomic mass is 9.84. The van der Waals surface area contributed by atoms with Gasteiger partial charge in [0, 0.05) is 19.7 Å². The van der Waals surface area contributed by atoms with Gasteiger partial charge in [-0.15, -0.1) is 0 Å². The lowest BCUT2D eigenvalue weighted by Crippen LogP contribution is -2.23. The summed E-state index contributed by atoms with van der Waals surface area (Å²) >= 11 is 0. The smallest absolute Gasteiger partial charge is 0.241 e. The Hall–Kier alpha value is -1.89. The van der Waals surface area contributed by atoms with Crippen LogP contribution in [0, 0.1) is 5.41 Å². The molecular formula is C14H25N5O2. The van der Waals surface area contributed by atoms with E-state index in [1.807, 2.05) is 0 Å². The standard InChI is InChI=1S/C14H25N5O2/c1-14(2,6-7-15)5-4-12(20)18-11-8-17-19(9-11)10-13(21)16-3/h8-9H,4-7,10,15H2,1-3H3,(H,16,21)(H,18,20). The van der Waals surface area contributed by atoms with Crippen LogP contribution in [0.25, 0.3) is 0 Å². The minimum Gasteiger partial charge on any atom is -0.358 e. The van der Waals surface area contributed by atoms with E-state index in [0.29, 0.717) is 18.7 Å². The molecule has 0 aliphatic carbocycles. The van der Waals surface area contributed by atoms with Crippen molar-refractivity contribution in [1.29, 1.82) is 0 Å². The summed E-state index contributed by atoms with van der Waals surface area (Å²) in [6.07, 6.45) is 5.28. The van der Waals surface area contributed by atoms with Crippen LogP contribution in [0.4, 0.5) is 5.69 Å². The Bertz CT molecular complexity index is 481. The fraction of sp³-hybridized carbons (Fsp3) is 0.643.